The van der Waals surface area contributed by atoms with Crippen molar-refractivity contribution < 1.29 is 26.3 Å². The van der Waals surface area contributed by atoms with Crippen LogP contribution in [0.25, 0.3) is 5.65 Å². The van der Waals surface area contributed by atoms with Crippen LogP contribution in [-0.4, -0.2) is 50.7 Å². The normalized spacial score (nSPS) is 15.3. The third kappa shape index (κ3) is 3.67. The Bertz CT molecular complexity index is 1250. The van der Waals surface area contributed by atoms with Gasteiger partial charge in [-0.3, -0.25) is 4.79 Å². The largest absolute Gasteiger partial charge is 0.423 e. The molecule has 4 rings (SSSR count). The Morgan fingerprint density at radius 2 is 1.56 bits per heavy atom. The number of anilines is 2. The van der Waals surface area contributed by atoms with Gasteiger partial charge >= 0.3 is 12.4 Å². The van der Waals surface area contributed by atoms with Gasteiger partial charge in [-0.15, -0.1) is 5.10 Å². The van der Waals surface area contributed by atoms with Crippen LogP contribution in [0, 0.1) is 11.3 Å². The van der Waals surface area contributed by atoms with Crippen molar-refractivity contribution in [1.82, 2.24) is 24.6 Å². The van der Waals surface area contributed by atoms with Crippen LogP contribution in [0.15, 0.2) is 23.4 Å². The van der Waals surface area contributed by atoms with Gasteiger partial charge in [-0.2, -0.15) is 36.1 Å². The number of H-pyrrole nitrogens is 1. The molecule has 0 spiro atoms. The first-order valence-electron chi connectivity index (χ1n) is 9.01. The van der Waals surface area contributed by atoms with Crippen LogP contribution in [0.5, 0.6) is 0 Å². The number of nitrogens with one attached hydrogen (secondary N) is 1. The molecule has 15 heteroatoms. The van der Waals surface area contributed by atoms with E-state index in [0.717, 1.165) is 0 Å². The highest BCUT2D eigenvalue weighted by molar-refractivity contribution is 5.69. The van der Waals surface area contributed by atoms with E-state index in [1.165, 1.54) is 0 Å². The molecule has 1 fully saturated rings. The topological polar surface area (TPSA) is 106 Å². The zero-order chi connectivity index (χ0) is 23.3. The lowest BCUT2D eigenvalue weighted by Crippen LogP contribution is -2.47. The molecule has 1 aliphatic heterocycles. The van der Waals surface area contributed by atoms with E-state index in [1.807, 2.05) is 6.07 Å². The molecule has 32 heavy (non-hydrogen) atoms. The SMILES string of the molecule is N#Cc1c(N2CCN(c3ncc(C(F)(F)F)cn3)CC2)nn2c(=O)c(C(F)(F)F)c[nH]c12. The number of hydrogen-bond donors (Lipinski definition) is 1. The molecule has 0 aromatic carbocycles. The third-order valence-electron chi connectivity index (χ3n) is 4.89. The van der Waals surface area contributed by atoms with E-state index >= 15 is 0 Å². The van der Waals surface area contributed by atoms with Crippen molar-refractivity contribution in [2.75, 3.05) is 36.0 Å². The number of nitriles is 1. The summed E-state index contributed by atoms with van der Waals surface area (Å²) in [7, 11) is 0. The number of hydrogen-bond acceptors (Lipinski definition) is 7. The number of fused-ring (bicyclic) bond motifs is 1. The first-order chi connectivity index (χ1) is 15.0. The molecule has 0 bridgehead atoms. The van der Waals surface area contributed by atoms with Crippen molar-refractivity contribution in [1.29, 1.82) is 5.26 Å². The summed E-state index contributed by atoms with van der Waals surface area (Å²) in [5.74, 6) is 0.103. The van der Waals surface area contributed by atoms with Crippen LogP contribution < -0.4 is 15.4 Å². The Morgan fingerprint density at radius 3 is 2.09 bits per heavy atom. The average Bonchev–Trinajstić information content (AvgIpc) is 3.12. The van der Waals surface area contributed by atoms with E-state index in [9.17, 15) is 36.4 Å². The summed E-state index contributed by atoms with van der Waals surface area (Å²) in [5.41, 5.74) is -4.12. The fourth-order valence-corrected chi connectivity index (χ4v) is 3.28. The molecule has 0 radical (unpaired) electrons. The third-order valence-corrected chi connectivity index (χ3v) is 4.89. The predicted molar refractivity (Wildman–Crippen MR) is 97.0 cm³/mol. The van der Waals surface area contributed by atoms with Gasteiger partial charge in [0.25, 0.3) is 5.56 Å². The van der Waals surface area contributed by atoms with Crippen LogP contribution in [-0.2, 0) is 12.4 Å². The molecule has 4 heterocycles. The summed E-state index contributed by atoms with van der Waals surface area (Å²) in [6.45, 7) is 0.907. The second kappa shape index (κ2) is 7.39. The number of aromatic amines is 1. The van der Waals surface area contributed by atoms with Gasteiger partial charge in [-0.05, 0) is 0 Å². The Hall–Kier alpha value is -3.83. The molecule has 3 aromatic rings. The van der Waals surface area contributed by atoms with E-state index in [2.05, 4.69) is 20.1 Å². The van der Waals surface area contributed by atoms with Gasteiger partial charge in [-0.25, -0.2) is 9.97 Å². The maximum absolute atomic E-state index is 13.0. The fraction of sp³-hybridized carbons (Fsp3) is 0.353. The van der Waals surface area contributed by atoms with E-state index in [-0.39, 0.29) is 49.2 Å². The van der Waals surface area contributed by atoms with Crippen LogP contribution in [0.4, 0.5) is 38.1 Å². The van der Waals surface area contributed by atoms with Gasteiger partial charge < -0.3 is 14.8 Å². The summed E-state index contributed by atoms with van der Waals surface area (Å²) in [6.07, 6.45) is -7.61. The molecule has 168 valence electrons. The molecule has 9 nitrogen and oxygen atoms in total. The molecule has 0 amide bonds. The lowest BCUT2D eigenvalue weighted by Gasteiger charge is -2.34. The first-order valence-corrected chi connectivity index (χ1v) is 9.01. The Balaban J connectivity index is 1.58. The highest BCUT2D eigenvalue weighted by atomic mass is 19.4. The minimum atomic E-state index is -4.89. The summed E-state index contributed by atoms with van der Waals surface area (Å²) in [6, 6.07) is 1.84. The predicted octanol–water partition coefficient (Wildman–Crippen LogP) is 2.05. The average molecular weight is 458 g/mol. The van der Waals surface area contributed by atoms with E-state index < -0.39 is 29.0 Å². The number of halogens is 6. The highest BCUT2D eigenvalue weighted by Crippen LogP contribution is 2.30. The van der Waals surface area contributed by atoms with Gasteiger partial charge in [0.15, 0.2) is 11.5 Å². The standard InChI is InChI=1S/C17H12F6N8O/c18-16(19,20)9-6-26-15(27-7-9)30-3-1-29(2-4-30)13-10(5-24)12-25-8-11(17(21,22)23)14(32)31(12)28-13/h6-8,25H,1-4H2. The zero-order valence-corrected chi connectivity index (χ0v) is 15.9. The molecular formula is C17H12F6N8O. The molecule has 3 aromatic heterocycles. The van der Waals surface area contributed by atoms with E-state index in [1.54, 1.807) is 9.80 Å². The lowest BCUT2D eigenvalue weighted by atomic mass is 10.2. The second-order valence-electron chi connectivity index (χ2n) is 6.82. The van der Waals surface area contributed by atoms with E-state index in [4.69, 9.17) is 0 Å². The smallest absolute Gasteiger partial charge is 0.350 e. The maximum atomic E-state index is 13.0. The van der Waals surface area contributed by atoms with Crippen LogP contribution in [0.2, 0.25) is 0 Å². The fourth-order valence-electron chi connectivity index (χ4n) is 3.28. The van der Waals surface area contributed by atoms with Gasteiger partial charge in [0, 0.05) is 44.8 Å². The van der Waals surface area contributed by atoms with Crippen molar-refractivity contribution in [3.63, 3.8) is 0 Å². The summed E-state index contributed by atoms with van der Waals surface area (Å²) >= 11 is 0. The van der Waals surface area contributed by atoms with Crippen LogP contribution in [0.1, 0.15) is 16.7 Å². The Labute approximate surface area is 174 Å². The monoisotopic (exact) mass is 458 g/mol. The van der Waals surface area contributed by atoms with Crippen molar-refractivity contribution in [3.8, 4) is 6.07 Å². The summed E-state index contributed by atoms with van der Waals surface area (Å²) < 4.78 is 77.5. The number of piperazine rings is 1. The minimum absolute atomic E-state index is 0.0214. The molecule has 0 aliphatic carbocycles. The highest BCUT2D eigenvalue weighted by Gasteiger charge is 2.36. The second-order valence-corrected chi connectivity index (χ2v) is 6.82. The maximum Gasteiger partial charge on any atom is 0.423 e. The Kier molecular flexibility index (Phi) is 4.94. The van der Waals surface area contributed by atoms with Crippen LogP contribution in [0.3, 0.4) is 0 Å². The van der Waals surface area contributed by atoms with Gasteiger partial charge in [0.1, 0.15) is 17.2 Å². The van der Waals surface area contributed by atoms with Crippen molar-refractivity contribution >= 4 is 17.4 Å². The minimum Gasteiger partial charge on any atom is -0.350 e. The van der Waals surface area contributed by atoms with Crippen LogP contribution >= 0.6 is 0 Å². The number of aromatic nitrogens is 5. The Morgan fingerprint density at radius 1 is 0.969 bits per heavy atom. The molecule has 1 aliphatic rings. The van der Waals surface area contributed by atoms with Gasteiger partial charge in [0.2, 0.25) is 5.95 Å². The molecule has 1 saturated heterocycles. The molecule has 1 N–H and O–H groups in total. The molecule has 0 unspecified atom stereocenters. The molecular weight excluding hydrogens is 446 g/mol. The van der Waals surface area contributed by atoms with Crippen molar-refractivity contribution in [2.45, 2.75) is 12.4 Å². The quantitative estimate of drug-likeness (QED) is 0.586. The summed E-state index contributed by atoms with van der Waals surface area (Å²) in [4.78, 5) is 25.2. The lowest BCUT2D eigenvalue weighted by molar-refractivity contribution is -0.139. The zero-order valence-electron chi connectivity index (χ0n) is 15.9. The van der Waals surface area contributed by atoms with Gasteiger partial charge in [-0.1, -0.05) is 0 Å². The number of rotatable bonds is 2. The van der Waals surface area contributed by atoms with Crippen molar-refractivity contribution in [2.24, 2.45) is 0 Å². The van der Waals surface area contributed by atoms with Gasteiger partial charge in [0.05, 0.1) is 5.56 Å². The van der Waals surface area contributed by atoms with Crippen molar-refractivity contribution in [3.05, 3.63) is 45.6 Å². The molecule has 0 atom stereocenters. The summed E-state index contributed by atoms with van der Waals surface area (Å²) in [5, 5.41) is 13.4. The van der Waals surface area contributed by atoms with E-state index in [0.29, 0.717) is 23.1 Å². The first kappa shape index (κ1) is 21.4. The number of alkyl halides is 6. The number of nitrogens with zero attached hydrogens (tertiary/aromatic N) is 7. The molecule has 0 saturated carbocycles.